The Kier molecular flexibility index (Phi) is 30.2. The van der Waals surface area contributed by atoms with Crippen LogP contribution in [-0.4, -0.2) is 181 Å². The van der Waals surface area contributed by atoms with Crippen molar-refractivity contribution >= 4 is 17.8 Å². The molecule has 0 aromatic carbocycles. The lowest BCUT2D eigenvalue weighted by Gasteiger charge is -2.13. The third kappa shape index (κ3) is 27.6. The Morgan fingerprint density at radius 1 is 0.458 bits per heavy atom. The Hall–Kier alpha value is -2.35. The highest BCUT2D eigenvalue weighted by atomic mass is 16.6. The first-order valence-corrected chi connectivity index (χ1v) is 16.2. The Morgan fingerprint density at radius 2 is 0.688 bits per heavy atom. The predicted molar refractivity (Wildman–Crippen MR) is 171 cm³/mol. The van der Waals surface area contributed by atoms with Crippen LogP contribution in [0.15, 0.2) is 24.3 Å². The predicted octanol–water partition coefficient (Wildman–Crippen LogP) is 0.213. The van der Waals surface area contributed by atoms with E-state index in [0.29, 0.717) is 144 Å². The van der Waals surface area contributed by atoms with Gasteiger partial charge in [0.25, 0.3) is 11.8 Å². The van der Waals surface area contributed by atoms with Crippen LogP contribution in [0.3, 0.4) is 0 Å². The Labute approximate surface area is 283 Å². The average Bonchev–Trinajstić information content (AvgIpc) is 3.40. The summed E-state index contributed by atoms with van der Waals surface area (Å²) in [7, 11) is 0. The number of imide groups is 1. The van der Waals surface area contributed by atoms with Crippen LogP contribution >= 0.6 is 0 Å². The molecule has 0 radical (unpaired) electrons. The van der Waals surface area contributed by atoms with Crippen molar-refractivity contribution in [3.63, 3.8) is 0 Å². The summed E-state index contributed by atoms with van der Waals surface area (Å²) in [6.45, 7) is 15.2. The highest BCUT2D eigenvalue weighted by Crippen LogP contribution is 2.02. The summed E-state index contributed by atoms with van der Waals surface area (Å²) in [5.74, 6) is -1.04. The van der Waals surface area contributed by atoms with Crippen molar-refractivity contribution in [1.29, 1.82) is 0 Å². The molecule has 16 nitrogen and oxygen atoms in total. The minimum Gasteiger partial charge on any atom is -0.460 e. The molecule has 0 aliphatic carbocycles. The first-order chi connectivity index (χ1) is 23.5. The molecule has 0 saturated heterocycles. The van der Waals surface area contributed by atoms with Crippen molar-refractivity contribution in [3.8, 4) is 0 Å². The van der Waals surface area contributed by atoms with Crippen LogP contribution in [0.2, 0.25) is 0 Å². The quantitative estimate of drug-likeness (QED) is 0.0375. The minimum atomic E-state index is -0.419. The molecule has 0 aromatic rings. The number of carbonyl (C=O) groups excluding carboxylic acids is 3. The fourth-order valence-corrected chi connectivity index (χ4v) is 3.43. The highest BCUT2D eigenvalue weighted by Gasteiger charge is 2.22. The molecule has 0 N–H and O–H groups in total. The molecule has 0 fully saturated rings. The second kappa shape index (κ2) is 33.2. The van der Waals surface area contributed by atoms with E-state index in [-0.39, 0.29) is 31.6 Å². The molecule has 0 unspecified atom stereocenters. The van der Waals surface area contributed by atoms with Gasteiger partial charge in [-0.15, -0.1) is 0 Å². The van der Waals surface area contributed by atoms with Gasteiger partial charge in [-0.05, 0) is 6.92 Å². The van der Waals surface area contributed by atoms with Gasteiger partial charge >= 0.3 is 5.97 Å². The second-order valence-corrected chi connectivity index (χ2v) is 9.81. The molecular formula is C32H55NO15. The average molecular weight is 694 g/mol. The van der Waals surface area contributed by atoms with Gasteiger partial charge in [0.05, 0.1) is 152 Å². The van der Waals surface area contributed by atoms with Crippen LogP contribution in [0, 0.1) is 0 Å². The van der Waals surface area contributed by atoms with Crippen LogP contribution in [0.5, 0.6) is 0 Å². The number of esters is 1. The van der Waals surface area contributed by atoms with Crippen LogP contribution in [-0.2, 0) is 71.2 Å². The van der Waals surface area contributed by atoms with E-state index in [2.05, 4.69) is 6.58 Å². The largest absolute Gasteiger partial charge is 0.460 e. The summed E-state index contributed by atoms with van der Waals surface area (Å²) in [6.07, 6.45) is 2.50. The summed E-state index contributed by atoms with van der Waals surface area (Å²) in [4.78, 5) is 35.1. The summed E-state index contributed by atoms with van der Waals surface area (Å²) in [6, 6.07) is 0. The van der Waals surface area contributed by atoms with Gasteiger partial charge in [-0.2, -0.15) is 0 Å². The lowest BCUT2D eigenvalue weighted by molar-refractivity contribution is -0.141. The number of amides is 2. The number of nitrogens with zero attached hydrogens (tertiary/aromatic N) is 1. The van der Waals surface area contributed by atoms with Gasteiger partial charge in [0.1, 0.15) is 6.61 Å². The number of hydrogen-bond donors (Lipinski definition) is 0. The summed E-state index contributed by atoms with van der Waals surface area (Å²) < 4.78 is 64.5. The van der Waals surface area contributed by atoms with Gasteiger partial charge in [0.2, 0.25) is 0 Å². The van der Waals surface area contributed by atoms with Crippen molar-refractivity contribution in [1.82, 2.24) is 4.90 Å². The minimum absolute atomic E-state index is 0.192. The van der Waals surface area contributed by atoms with Crippen LogP contribution in [0.4, 0.5) is 0 Å². The van der Waals surface area contributed by atoms with Gasteiger partial charge in [-0.1, -0.05) is 6.58 Å². The van der Waals surface area contributed by atoms with Crippen molar-refractivity contribution in [3.05, 3.63) is 24.3 Å². The zero-order valence-corrected chi connectivity index (χ0v) is 28.4. The standard InChI is InChI=1S/C32H55NO15/c1-29(2)32(36)48-28-27-47-26-25-46-24-23-45-22-21-44-20-19-43-18-17-42-16-15-41-14-13-40-12-11-39-10-9-38-8-7-37-6-5-33-30(34)3-4-31(33)35/h3-4H,1,5-28H2,2H3. The normalized spacial score (nSPS) is 12.8. The first kappa shape index (κ1) is 43.7. The van der Waals surface area contributed by atoms with Gasteiger partial charge in [0.15, 0.2) is 0 Å². The maximum absolute atomic E-state index is 11.4. The molecule has 48 heavy (non-hydrogen) atoms. The van der Waals surface area contributed by atoms with Gasteiger partial charge in [0, 0.05) is 17.7 Å². The van der Waals surface area contributed by atoms with Crippen molar-refractivity contribution in [2.24, 2.45) is 0 Å². The van der Waals surface area contributed by atoms with E-state index in [4.69, 9.17) is 56.8 Å². The van der Waals surface area contributed by atoms with Gasteiger partial charge < -0.3 is 56.8 Å². The van der Waals surface area contributed by atoms with E-state index in [1.807, 2.05) is 0 Å². The summed E-state index contributed by atoms with van der Waals surface area (Å²) in [5, 5.41) is 0. The fraction of sp³-hybridized carbons (Fsp3) is 0.781. The van der Waals surface area contributed by atoms with E-state index < -0.39 is 5.97 Å². The molecule has 0 saturated carbocycles. The van der Waals surface area contributed by atoms with Crippen molar-refractivity contribution in [2.75, 3.05) is 159 Å². The number of ether oxygens (including phenoxy) is 12. The van der Waals surface area contributed by atoms with Crippen molar-refractivity contribution in [2.45, 2.75) is 6.92 Å². The molecule has 2 amide bonds. The fourth-order valence-electron chi connectivity index (χ4n) is 3.43. The highest BCUT2D eigenvalue weighted by molar-refractivity contribution is 6.12. The molecule has 0 bridgehead atoms. The third-order valence-corrected chi connectivity index (χ3v) is 5.89. The zero-order valence-electron chi connectivity index (χ0n) is 28.4. The molecular weight excluding hydrogens is 638 g/mol. The van der Waals surface area contributed by atoms with Gasteiger partial charge in [-0.3, -0.25) is 14.5 Å². The Morgan fingerprint density at radius 3 is 0.938 bits per heavy atom. The Balaban J connectivity index is 1.63. The third-order valence-electron chi connectivity index (χ3n) is 5.89. The zero-order chi connectivity index (χ0) is 34.8. The van der Waals surface area contributed by atoms with Crippen LogP contribution < -0.4 is 0 Å². The number of rotatable bonds is 37. The SMILES string of the molecule is C=C(C)C(=O)OCCOCCOCCOCCOCCOCCOCCOCCOCCOCCOCCOCCN1C(=O)C=CC1=O. The second-order valence-electron chi connectivity index (χ2n) is 9.81. The molecule has 1 rings (SSSR count). The molecule has 278 valence electrons. The first-order valence-electron chi connectivity index (χ1n) is 16.2. The lowest BCUT2D eigenvalue weighted by atomic mass is 10.4. The molecule has 0 spiro atoms. The summed E-state index contributed by atoms with van der Waals surface area (Å²) >= 11 is 0. The maximum Gasteiger partial charge on any atom is 0.333 e. The van der Waals surface area contributed by atoms with E-state index in [9.17, 15) is 14.4 Å². The molecule has 0 aromatic heterocycles. The lowest BCUT2D eigenvalue weighted by Crippen LogP contribution is -2.33. The van der Waals surface area contributed by atoms with E-state index in [1.165, 1.54) is 12.2 Å². The Bertz CT molecular complexity index is 839. The van der Waals surface area contributed by atoms with E-state index in [1.54, 1.807) is 6.92 Å². The topological polar surface area (TPSA) is 165 Å². The van der Waals surface area contributed by atoms with Crippen molar-refractivity contribution < 1.29 is 71.2 Å². The van der Waals surface area contributed by atoms with Crippen LogP contribution in [0.1, 0.15) is 6.92 Å². The molecule has 0 atom stereocenters. The van der Waals surface area contributed by atoms with Gasteiger partial charge in [-0.25, -0.2) is 4.79 Å². The van der Waals surface area contributed by atoms with E-state index in [0.717, 1.165) is 4.90 Å². The number of hydrogen-bond acceptors (Lipinski definition) is 15. The van der Waals surface area contributed by atoms with Crippen LogP contribution in [0.25, 0.3) is 0 Å². The molecule has 16 heteroatoms. The smallest absolute Gasteiger partial charge is 0.333 e. The molecule has 1 aliphatic rings. The molecule has 1 aliphatic heterocycles. The monoisotopic (exact) mass is 693 g/mol. The summed E-state index contributed by atoms with van der Waals surface area (Å²) in [5.41, 5.74) is 0.364. The molecule has 1 heterocycles. The maximum atomic E-state index is 11.4. The van der Waals surface area contributed by atoms with E-state index >= 15 is 0 Å². The number of carbonyl (C=O) groups is 3.